The van der Waals surface area contributed by atoms with Crippen molar-refractivity contribution >= 4 is 34.4 Å². The number of aromatic nitrogens is 1. The number of hydrogen-bond donors (Lipinski definition) is 3. The van der Waals surface area contributed by atoms with Crippen LogP contribution < -0.4 is 10.6 Å². The number of H-pyrrole nitrogens is 1. The molecule has 3 aromatic rings. The number of methoxy groups -OCH3 is 1. The highest BCUT2D eigenvalue weighted by Crippen LogP contribution is 2.19. The minimum atomic E-state index is -0.510. The molecule has 1 heterocycles. The molecule has 150 valence electrons. The monoisotopic (exact) mass is 393 g/mol. The summed E-state index contributed by atoms with van der Waals surface area (Å²) in [6.45, 7) is 1.96. The fourth-order valence-electron chi connectivity index (χ4n) is 3.07. The maximum atomic E-state index is 12.4. The Hall–Kier alpha value is -3.61. The summed E-state index contributed by atoms with van der Waals surface area (Å²) in [6, 6.07) is 12.7. The van der Waals surface area contributed by atoms with Crippen LogP contribution in [0.1, 0.15) is 34.8 Å². The smallest absolute Gasteiger partial charge is 0.337 e. The molecule has 0 unspecified atom stereocenters. The van der Waals surface area contributed by atoms with Crippen LogP contribution in [-0.4, -0.2) is 29.9 Å². The average molecular weight is 393 g/mol. The number of nitrogens with one attached hydrogen (secondary N) is 3. The lowest BCUT2D eigenvalue weighted by Crippen LogP contribution is -2.24. The highest BCUT2D eigenvalue weighted by Gasteiger charge is 2.12. The lowest BCUT2D eigenvalue weighted by atomic mass is 10.1. The maximum absolute atomic E-state index is 12.4. The molecule has 3 N–H and O–H groups in total. The average Bonchev–Trinajstić information content (AvgIpc) is 3.14. The van der Waals surface area contributed by atoms with Crippen LogP contribution in [-0.2, 0) is 27.3 Å². The summed E-state index contributed by atoms with van der Waals surface area (Å²) in [6.07, 6.45) is 2.39. The number of amides is 2. The van der Waals surface area contributed by atoms with Crippen LogP contribution >= 0.6 is 0 Å². The second-order valence-electron chi connectivity index (χ2n) is 6.62. The summed E-state index contributed by atoms with van der Waals surface area (Å²) in [5, 5.41) is 6.61. The fourth-order valence-corrected chi connectivity index (χ4v) is 3.07. The fraction of sp³-hybridized carbons (Fsp3) is 0.227. The van der Waals surface area contributed by atoms with Crippen molar-refractivity contribution in [3.8, 4) is 0 Å². The number of benzene rings is 2. The van der Waals surface area contributed by atoms with E-state index in [2.05, 4.69) is 15.6 Å². The number of anilines is 1. The Labute approximate surface area is 168 Å². The van der Waals surface area contributed by atoms with Crippen LogP contribution in [0.5, 0.6) is 0 Å². The molecule has 0 saturated carbocycles. The SMILES string of the molecule is CCC(=O)Nc1cc(CNC(=O)Cc2c[nH]c3ccccc23)cc(C(=O)OC)c1. The molecular formula is C22H23N3O4. The maximum Gasteiger partial charge on any atom is 0.337 e. The van der Waals surface area contributed by atoms with Crippen LogP contribution in [0.4, 0.5) is 5.69 Å². The number of carbonyl (C=O) groups is 3. The number of ether oxygens (including phenoxy) is 1. The van der Waals surface area contributed by atoms with Gasteiger partial charge >= 0.3 is 5.97 Å². The van der Waals surface area contributed by atoms with E-state index >= 15 is 0 Å². The van der Waals surface area contributed by atoms with Crippen LogP contribution in [0.25, 0.3) is 10.9 Å². The number of esters is 1. The Bertz CT molecular complexity index is 1060. The van der Waals surface area contributed by atoms with Gasteiger partial charge in [-0.3, -0.25) is 9.59 Å². The minimum absolute atomic E-state index is 0.141. The van der Waals surface area contributed by atoms with E-state index < -0.39 is 5.97 Å². The van der Waals surface area contributed by atoms with Crippen LogP contribution in [0.3, 0.4) is 0 Å². The predicted octanol–water partition coefficient (Wildman–Crippen LogP) is 3.16. The van der Waals surface area contributed by atoms with E-state index in [1.807, 2.05) is 30.5 Å². The number of para-hydroxylation sites is 1. The molecule has 1 aromatic heterocycles. The molecule has 0 fully saturated rings. The van der Waals surface area contributed by atoms with E-state index in [9.17, 15) is 14.4 Å². The summed E-state index contributed by atoms with van der Waals surface area (Å²) in [7, 11) is 1.29. The summed E-state index contributed by atoms with van der Waals surface area (Å²) in [4.78, 5) is 39.2. The lowest BCUT2D eigenvalue weighted by molar-refractivity contribution is -0.120. The number of rotatable bonds is 7. The summed E-state index contributed by atoms with van der Waals surface area (Å²) in [5.74, 6) is -0.817. The van der Waals surface area contributed by atoms with Gasteiger partial charge in [0.25, 0.3) is 0 Å². The summed E-state index contributed by atoms with van der Waals surface area (Å²) >= 11 is 0. The third-order valence-corrected chi connectivity index (χ3v) is 4.53. The van der Waals surface area contributed by atoms with E-state index in [0.29, 0.717) is 23.2 Å². The molecule has 0 atom stereocenters. The first-order valence-corrected chi connectivity index (χ1v) is 9.34. The second kappa shape index (κ2) is 9.05. The Kier molecular flexibility index (Phi) is 6.29. The van der Waals surface area contributed by atoms with Gasteiger partial charge in [-0.15, -0.1) is 0 Å². The third kappa shape index (κ3) is 5.01. The van der Waals surface area contributed by atoms with Gasteiger partial charge in [0.05, 0.1) is 19.1 Å². The molecule has 2 aromatic carbocycles. The highest BCUT2D eigenvalue weighted by molar-refractivity contribution is 5.95. The van der Waals surface area contributed by atoms with Gasteiger partial charge in [0.2, 0.25) is 11.8 Å². The highest BCUT2D eigenvalue weighted by atomic mass is 16.5. The topological polar surface area (TPSA) is 100 Å². The molecule has 0 aliphatic rings. The van der Waals surface area contributed by atoms with E-state index in [0.717, 1.165) is 16.5 Å². The van der Waals surface area contributed by atoms with E-state index in [1.54, 1.807) is 25.1 Å². The molecule has 3 rings (SSSR count). The molecule has 29 heavy (non-hydrogen) atoms. The molecule has 2 amide bonds. The Morgan fingerprint density at radius 1 is 1.07 bits per heavy atom. The van der Waals surface area contributed by atoms with Gasteiger partial charge in [0, 0.05) is 35.8 Å². The number of aromatic amines is 1. The van der Waals surface area contributed by atoms with Crippen molar-refractivity contribution < 1.29 is 19.1 Å². The molecule has 0 bridgehead atoms. The predicted molar refractivity (Wildman–Crippen MR) is 111 cm³/mol. The van der Waals surface area contributed by atoms with Gasteiger partial charge < -0.3 is 20.4 Å². The van der Waals surface area contributed by atoms with Crippen molar-refractivity contribution in [1.29, 1.82) is 0 Å². The number of fused-ring (bicyclic) bond motifs is 1. The van der Waals surface area contributed by atoms with Crippen LogP contribution in [0, 0.1) is 0 Å². The Morgan fingerprint density at radius 3 is 2.62 bits per heavy atom. The second-order valence-corrected chi connectivity index (χ2v) is 6.62. The van der Waals surface area contributed by atoms with Gasteiger partial charge in [0.15, 0.2) is 0 Å². The first-order chi connectivity index (χ1) is 14.0. The summed E-state index contributed by atoms with van der Waals surface area (Å²) in [5.41, 5.74) is 3.38. The van der Waals surface area contributed by atoms with Gasteiger partial charge in [-0.05, 0) is 35.4 Å². The molecule has 0 aliphatic carbocycles. The number of carbonyl (C=O) groups excluding carboxylic acids is 3. The van der Waals surface area contributed by atoms with Crippen molar-refractivity contribution in [2.75, 3.05) is 12.4 Å². The van der Waals surface area contributed by atoms with Crippen molar-refractivity contribution in [2.24, 2.45) is 0 Å². The number of hydrogen-bond acceptors (Lipinski definition) is 4. The largest absolute Gasteiger partial charge is 0.465 e. The molecule has 0 spiro atoms. The zero-order chi connectivity index (χ0) is 20.8. The zero-order valence-corrected chi connectivity index (χ0v) is 16.4. The van der Waals surface area contributed by atoms with Gasteiger partial charge in [-0.25, -0.2) is 4.79 Å². The van der Waals surface area contributed by atoms with Crippen molar-refractivity contribution in [2.45, 2.75) is 26.3 Å². The molecule has 0 saturated heterocycles. The first kappa shape index (κ1) is 20.1. The zero-order valence-electron chi connectivity index (χ0n) is 16.4. The first-order valence-electron chi connectivity index (χ1n) is 9.34. The molecule has 0 radical (unpaired) electrons. The molecule has 7 heteroatoms. The van der Waals surface area contributed by atoms with E-state index in [1.165, 1.54) is 7.11 Å². The third-order valence-electron chi connectivity index (χ3n) is 4.53. The standard InChI is InChI=1S/C22H23N3O4/c1-3-20(26)25-17-9-14(8-15(10-17)22(28)29-2)12-24-21(27)11-16-13-23-19-7-5-4-6-18(16)19/h4-10,13,23H,3,11-12H2,1-2H3,(H,24,27)(H,25,26). The van der Waals surface area contributed by atoms with Gasteiger partial charge in [0.1, 0.15) is 0 Å². The van der Waals surface area contributed by atoms with Gasteiger partial charge in [-0.1, -0.05) is 25.1 Å². The lowest BCUT2D eigenvalue weighted by Gasteiger charge is -2.11. The summed E-state index contributed by atoms with van der Waals surface area (Å²) < 4.78 is 4.77. The molecular weight excluding hydrogens is 370 g/mol. The van der Waals surface area contributed by atoms with Crippen molar-refractivity contribution in [1.82, 2.24) is 10.3 Å². The normalized spacial score (nSPS) is 10.6. The van der Waals surface area contributed by atoms with E-state index in [-0.39, 0.29) is 24.8 Å². The minimum Gasteiger partial charge on any atom is -0.465 e. The van der Waals surface area contributed by atoms with Crippen LogP contribution in [0.2, 0.25) is 0 Å². The van der Waals surface area contributed by atoms with Crippen molar-refractivity contribution in [3.63, 3.8) is 0 Å². The molecule has 7 nitrogen and oxygen atoms in total. The quantitative estimate of drug-likeness (QED) is 0.537. The van der Waals surface area contributed by atoms with Gasteiger partial charge in [-0.2, -0.15) is 0 Å². The van der Waals surface area contributed by atoms with Crippen molar-refractivity contribution in [3.05, 3.63) is 65.4 Å². The van der Waals surface area contributed by atoms with Crippen LogP contribution in [0.15, 0.2) is 48.7 Å². The Balaban J connectivity index is 1.71. The molecule has 0 aliphatic heterocycles. The Morgan fingerprint density at radius 2 is 1.86 bits per heavy atom. The van der Waals surface area contributed by atoms with E-state index in [4.69, 9.17) is 4.74 Å².